The summed E-state index contributed by atoms with van der Waals surface area (Å²) in [6.45, 7) is 1.96. The molecule has 0 spiro atoms. The Bertz CT molecular complexity index is 479. The lowest BCUT2D eigenvalue weighted by Crippen LogP contribution is -2.32. The Morgan fingerprint density at radius 1 is 1.58 bits per heavy atom. The Hall–Kier alpha value is -2.02. The summed E-state index contributed by atoms with van der Waals surface area (Å²) in [7, 11) is 0. The second-order valence-electron chi connectivity index (χ2n) is 4.08. The number of nitrogens with zero attached hydrogens (tertiary/aromatic N) is 1. The molecule has 7 heteroatoms. The molecule has 0 fully saturated rings. The predicted molar refractivity (Wildman–Crippen MR) is 66.3 cm³/mol. The molecule has 104 valence electrons. The third kappa shape index (κ3) is 4.29. The van der Waals surface area contributed by atoms with Gasteiger partial charge in [0.2, 0.25) is 5.82 Å². The van der Waals surface area contributed by atoms with E-state index in [4.69, 9.17) is 0 Å². The number of hydrogen-bond acceptors (Lipinski definition) is 4. The highest BCUT2D eigenvalue weighted by Crippen LogP contribution is 2.17. The molecule has 0 heterocycles. The van der Waals surface area contributed by atoms with Crippen LogP contribution in [0, 0.1) is 15.9 Å². The van der Waals surface area contributed by atoms with Crippen molar-refractivity contribution in [3.63, 3.8) is 0 Å². The summed E-state index contributed by atoms with van der Waals surface area (Å²) in [6, 6.07) is 2.91. The van der Waals surface area contributed by atoms with Crippen LogP contribution in [0.4, 0.5) is 10.1 Å². The average molecular weight is 270 g/mol. The van der Waals surface area contributed by atoms with Gasteiger partial charge in [0.1, 0.15) is 0 Å². The zero-order valence-electron chi connectivity index (χ0n) is 10.4. The highest BCUT2D eigenvalue weighted by atomic mass is 19.1. The van der Waals surface area contributed by atoms with Crippen molar-refractivity contribution >= 4 is 11.6 Å². The molecule has 1 unspecified atom stereocenters. The standard InChI is InChI=1S/C12H15FN2O4/c1-2-3-9(16)7-14-12(17)8-4-5-11(15(18)19)10(13)6-8/h4-6,9,16H,2-3,7H2,1H3,(H,14,17). The SMILES string of the molecule is CCCC(O)CNC(=O)c1ccc([N+](=O)[O-])c(F)c1. The molecule has 1 aromatic carbocycles. The van der Waals surface area contributed by atoms with Crippen LogP contribution in [0.1, 0.15) is 30.1 Å². The van der Waals surface area contributed by atoms with Crippen LogP contribution in [0.2, 0.25) is 0 Å². The summed E-state index contributed by atoms with van der Waals surface area (Å²) in [6.07, 6.45) is 0.676. The minimum Gasteiger partial charge on any atom is -0.391 e. The molecule has 19 heavy (non-hydrogen) atoms. The highest BCUT2D eigenvalue weighted by molar-refractivity contribution is 5.94. The molecule has 1 aromatic rings. The first-order valence-electron chi connectivity index (χ1n) is 5.86. The van der Waals surface area contributed by atoms with Crippen LogP contribution in [0.5, 0.6) is 0 Å². The maximum Gasteiger partial charge on any atom is 0.304 e. The maximum absolute atomic E-state index is 13.3. The highest BCUT2D eigenvalue weighted by Gasteiger charge is 2.16. The number of carbonyl (C=O) groups is 1. The van der Waals surface area contributed by atoms with E-state index in [1.54, 1.807) is 0 Å². The Kier molecular flexibility index (Phi) is 5.37. The number of amides is 1. The van der Waals surface area contributed by atoms with Crippen molar-refractivity contribution in [1.29, 1.82) is 0 Å². The van der Waals surface area contributed by atoms with Crippen LogP contribution >= 0.6 is 0 Å². The van der Waals surface area contributed by atoms with Crippen molar-refractivity contribution in [2.75, 3.05) is 6.54 Å². The molecule has 1 amide bonds. The lowest BCUT2D eigenvalue weighted by atomic mass is 10.1. The van der Waals surface area contributed by atoms with Crippen LogP contribution in [0.25, 0.3) is 0 Å². The lowest BCUT2D eigenvalue weighted by Gasteiger charge is -2.10. The average Bonchev–Trinajstić information content (AvgIpc) is 2.35. The van der Waals surface area contributed by atoms with Gasteiger partial charge in [-0.3, -0.25) is 14.9 Å². The van der Waals surface area contributed by atoms with E-state index in [0.29, 0.717) is 6.42 Å². The fourth-order valence-electron chi connectivity index (χ4n) is 1.54. The van der Waals surface area contributed by atoms with E-state index in [1.807, 2.05) is 6.92 Å². The fourth-order valence-corrected chi connectivity index (χ4v) is 1.54. The number of rotatable bonds is 6. The smallest absolute Gasteiger partial charge is 0.304 e. The number of benzene rings is 1. The van der Waals surface area contributed by atoms with Crippen LogP contribution < -0.4 is 5.32 Å². The largest absolute Gasteiger partial charge is 0.391 e. The molecule has 0 aromatic heterocycles. The Labute approximate surface area is 109 Å². The van der Waals surface area contributed by atoms with E-state index in [0.717, 1.165) is 18.6 Å². The van der Waals surface area contributed by atoms with Crippen LogP contribution in [0.15, 0.2) is 18.2 Å². The van der Waals surface area contributed by atoms with Crippen LogP contribution in [0.3, 0.4) is 0 Å². The van der Waals surface area contributed by atoms with Gasteiger partial charge in [0, 0.05) is 18.2 Å². The Morgan fingerprint density at radius 2 is 2.26 bits per heavy atom. The third-order valence-electron chi connectivity index (χ3n) is 2.53. The topological polar surface area (TPSA) is 92.5 Å². The molecule has 0 saturated carbocycles. The second kappa shape index (κ2) is 6.79. The first-order chi connectivity index (χ1) is 8.95. The molecule has 2 N–H and O–H groups in total. The Balaban J connectivity index is 2.68. The number of nitro benzene ring substituents is 1. The van der Waals surface area contributed by atoms with Crippen molar-refractivity contribution < 1.29 is 19.2 Å². The lowest BCUT2D eigenvalue weighted by molar-refractivity contribution is -0.387. The normalized spacial score (nSPS) is 11.9. The summed E-state index contributed by atoms with van der Waals surface area (Å²) < 4.78 is 13.3. The van der Waals surface area contributed by atoms with Gasteiger partial charge < -0.3 is 10.4 Å². The number of aliphatic hydroxyl groups excluding tert-OH is 1. The zero-order chi connectivity index (χ0) is 14.4. The molecule has 1 atom stereocenters. The third-order valence-corrected chi connectivity index (χ3v) is 2.53. The van der Waals surface area contributed by atoms with E-state index in [9.17, 15) is 24.4 Å². The molecule has 0 saturated heterocycles. The number of nitro groups is 1. The van der Waals surface area contributed by atoms with Gasteiger partial charge in [-0.1, -0.05) is 13.3 Å². The minimum atomic E-state index is -1.06. The van der Waals surface area contributed by atoms with Crippen molar-refractivity contribution in [3.05, 3.63) is 39.7 Å². The first-order valence-corrected chi connectivity index (χ1v) is 5.86. The maximum atomic E-state index is 13.3. The fraction of sp³-hybridized carbons (Fsp3) is 0.417. The van der Waals surface area contributed by atoms with Crippen molar-refractivity contribution in [2.45, 2.75) is 25.9 Å². The van der Waals surface area contributed by atoms with Crippen molar-refractivity contribution in [1.82, 2.24) is 5.32 Å². The quantitative estimate of drug-likeness (QED) is 0.607. The van der Waals surface area contributed by atoms with Crippen molar-refractivity contribution in [3.8, 4) is 0 Å². The summed E-state index contributed by atoms with van der Waals surface area (Å²) in [5.74, 6) is -1.64. The Morgan fingerprint density at radius 3 is 2.79 bits per heavy atom. The van der Waals surface area contributed by atoms with Gasteiger partial charge in [0.25, 0.3) is 5.91 Å². The van der Waals surface area contributed by atoms with Crippen LogP contribution in [-0.2, 0) is 0 Å². The number of halogens is 1. The molecule has 0 aliphatic heterocycles. The van der Waals surface area contributed by atoms with Gasteiger partial charge in [0.15, 0.2) is 0 Å². The number of hydrogen-bond donors (Lipinski definition) is 2. The van der Waals surface area contributed by atoms with Gasteiger partial charge in [0.05, 0.1) is 11.0 Å². The van der Waals surface area contributed by atoms with Crippen LogP contribution in [-0.4, -0.2) is 28.6 Å². The molecule has 1 rings (SSSR count). The predicted octanol–water partition coefficient (Wildman–Crippen LogP) is 1.62. The van der Waals surface area contributed by atoms with Gasteiger partial charge in [-0.05, 0) is 18.6 Å². The monoisotopic (exact) mass is 270 g/mol. The molecule has 0 bridgehead atoms. The summed E-state index contributed by atoms with van der Waals surface area (Å²) >= 11 is 0. The van der Waals surface area contributed by atoms with Crippen molar-refractivity contribution in [2.24, 2.45) is 0 Å². The molecular weight excluding hydrogens is 255 g/mol. The molecule has 0 aliphatic rings. The van der Waals surface area contributed by atoms with E-state index >= 15 is 0 Å². The molecule has 0 radical (unpaired) electrons. The van der Waals surface area contributed by atoms with E-state index in [2.05, 4.69) is 5.32 Å². The molecular formula is C12H15FN2O4. The van der Waals surface area contributed by atoms with Gasteiger partial charge >= 0.3 is 5.69 Å². The second-order valence-corrected chi connectivity index (χ2v) is 4.08. The van der Waals surface area contributed by atoms with E-state index < -0.39 is 28.4 Å². The van der Waals surface area contributed by atoms with Gasteiger partial charge in [-0.2, -0.15) is 4.39 Å². The summed E-state index contributed by atoms with van der Waals surface area (Å²) in [5, 5.41) is 22.3. The number of aliphatic hydroxyl groups is 1. The van der Waals surface area contributed by atoms with E-state index in [-0.39, 0.29) is 12.1 Å². The number of carbonyl (C=O) groups excluding carboxylic acids is 1. The minimum absolute atomic E-state index is 0.0215. The molecule has 6 nitrogen and oxygen atoms in total. The zero-order valence-corrected chi connectivity index (χ0v) is 10.4. The molecule has 0 aliphatic carbocycles. The van der Waals surface area contributed by atoms with E-state index in [1.165, 1.54) is 6.07 Å². The van der Waals surface area contributed by atoms with Gasteiger partial charge in [-0.25, -0.2) is 0 Å². The number of nitrogens with one attached hydrogen (secondary N) is 1. The summed E-state index contributed by atoms with van der Waals surface area (Å²) in [5.41, 5.74) is -0.700. The van der Waals surface area contributed by atoms with Gasteiger partial charge in [-0.15, -0.1) is 0 Å². The summed E-state index contributed by atoms with van der Waals surface area (Å²) in [4.78, 5) is 21.2. The first kappa shape index (κ1) is 15.0.